The van der Waals surface area contributed by atoms with Crippen LogP contribution in [0.25, 0.3) is 11.4 Å². The molecule has 1 fully saturated rings. The molecule has 1 saturated heterocycles. The molecule has 1 aliphatic rings. The van der Waals surface area contributed by atoms with Gasteiger partial charge in [0.1, 0.15) is 6.04 Å². The van der Waals surface area contributed by atoms with Gasteiger partial charge in [0.2, 0.25) is 17.6 Å². The first-order valence-corrected chi connectivity index (χ1v) is 8.59. The first-order valence-electron chi connectivity index (χ1n) is 8.21. The van der Waals surface area contributed by atoms with Crippen LogP contribution in [0, 0.1) is 0 Å². The van der Waals surface area contributed by atoms with Crippen molar-refractivity contribution in [2.45, 2.75) is 24.8 Å². The maximum Gasteiger partial charge on any atom is 0.241 e. The van der Waals surface area contributed by atoms with Crippen LogP contribution in [0.15, 0.2) is 28.8 Å². The second-order valence-electron chi connectivity index (χ2n) is 6.15. The molecule has 2 N–H and O–H groups in total. The number of carbonyl (C=O) groups excluding carboxylic acids is 1. The molecule has 1 aliphatic heterocycles. The highest BCUT2D eigenvalue weighted by atomic mass is 35.5. The lowest BCUT2D eigenvalue weighted by molar-refractivity contribution is -0.135. The maximum absolute atomic E-state index is 12.4. The van der Waals surface area contributed by atoms with Crippen LogP contribution < -0.4 is 5.73 Å². The van der Waals surface area contributed by atoms with Crippen molar-refractivity contribution in [3.63, 3.8) is 0 Å². The van der Waals surface area contributed by atoms with E-state index >= 15 is 0 Å². The van der Waals surface area contributed by atoms with Gasteiger partial charge in [0, 0.05) is 30.8 Å². The Kier molecular flexibility index (Phi) is 7.40. The van der Waals surface area contributed by atoms with Gasteiger partial charge >= 0.3 is 0 Å². The summed E-state index contributed by atoms with van der Waals surface area (Å²) >= 11 is 5.90. The van der Waals surface area contributed by atoms with E-state index in [4.69, 9.17) is 26.6 Å². The average molecular weight is 401 g/mol. The summed E-state index contributed by atoms with van der Waals surface area (Å²) in [5, 5.41) is 4.70. The summed E-state index contributed by atoms with van der Waals surface area (Å²) in [6.07, 6.45) is 1.76. The van der Waals surface area contributed by atoms with Crippen molar-refractivity contribution in [3.05, 3.63) is 35.2 Å². The van der Waals surface area contributed by atoms with Crippen molar-refractivity contribution in [1.29, 1.82) is 0 Å². The summed E-state index contributed by atoms with van der Waals surface area (Å²) in [4.78, 5) is 18.6. The van der Waals surface area contributed by atoms with Gasteiger partial charge in [-0.05, 0) is 37.1 Å². The predicted molar refractivity (Wildman–Crippen MR) is 100 cm³/mol. The zero-order valence-corrected chi connectivity index (χ0v) is 16.0. The van der Waals surface area contributed by atoms with Gasteiger partial charge in [-0.15, -0.1) is 12.4 Å². The predicted octanol–water partition coefficient (Wildman–Crippen LogP) is 2.49. The topological polar surface area (TPSA) is 94.5 Å². The van der Waals surface area contributed by atoms with Crippen molar-refractivity contribution in [2.24, 2.45) is 5.73 Å². The second kappa shape index (κ2) is 9.32. The molecule has 0 radical (unpaired) electrons. The lowest BCUT2D eigenvalue weighted by Crippen LogP contribution is -2.49. The molecule has 2 aromatic rings. The molecule has 2 atom stereocenters. The molecule has 0 saturated carbocycles. The van der Waals surface area contributed by atoms with Crippen LogP contribution in [0.3, 0.4) is 0 Å². The molecule has 142 valence electrons. The minimum Gasteiger partial charge on any atom is -0.383 e. The molecule has 2 heterocycles. The number of nitrogens with two attached hydrogens (primary N) is 1. The molecule has 3 rings (SSSR count). The van der Waals surface area contributed by atoms with E-state index in [2.05, 4.69) is 10.1 Å². The number of piperidine rings is 1. The fraction of sp³-hybridized carbons (Fsp3) is 0.471. The summed E-state index contributed by atoms with van der Waals surface area (Å²) in [6, 6.07) is 6.61. The molecule has 7 nitrogen and oxygen atoms in total. The Labute approximate surface area is 163 Å². The molecule has 9 heteroatoms. The summed E-state index contributed by atoms with van der Waals surface area (Å²) in [5.74, 6) is 0.971. The van der Waals surface area contributed by atoms with Crippen molar-refractivity contribution in [1.82, 2.24) is 15.0 Å². The standard InChI is InChI=1S/C17H21ClN4O3.ClH/c1-24-10-14(19)17(23)22-8-2-3-12(9-22)16-20-15(21-25-16)11-4-6-13(18)7-5-11;/h4-7,12,14H,2-3,8-10,19H2,1H3;1H. The SMILES string of the molecule is COCC(N)C(=O)N1CCCC(c2nc(-c3ccc(Cl)cc3)no2)C1.Cl. The molecular weight excluding hydrogens is 379 g/mol. The first-order chi connectivity index (χ1) is 12.1. The minimum absolute atomic E-state index is 0. The third kappa shape index (κ3) is 4.73. The smallest absolute Gasteiger partial charge is 0.241 e. The van der Waals surface area contributed by atoms with Crippen molar-refractivity contribution < 1.29 is 14.1 Å². The average Bonchev–Trinajstić information content (AvgIpc) is 3.12. The van der Waals surface area contributed by atoms with Crippen LogP contribution in [0.2, 0.25) is 5.02 Å². The lowest BCUT2D eigenvalue weighted by Gasteiger charge is -2.32. The van der Waals surface area contributed by atoms with E-state index in [1.165, 1.54) is 7.11 Å². The summed E-state index contributed by atoms with van der Waals surface area (Å²) < 4.78 is 10.4. The Morgan fingerprint density at radius 1 is 1.46 bits per heavy atom. The summed E-state index contributed by atoms with van der Waals surface area (Å²) in [6.45, 7) is 1.42. The number of benzene rings is 1. The molecule has 1 aromatic carbocycles. The highest BCUT2D eigenvalue weighted by molar-refractivity contribution is 6.30. The van der Waals surface area contributed by atoms with Gasteiger partial charge in [-0.2, -0.15) is 4.98 Å². The van der Waals surface area contributed by atoms with E-state index in [9.17, 15) is 4.79 Å². The zero-order chi connectivity index (χ0) is 17.8. The van der Waals surface area contributed by atoms with Gasteiger partial charge in [-0.25, -0.2) is 0 Å². The number of rotatable bonds is 5. The van der Waals surface area contributed by atoms with E-state index in [1.807, 2.05) is 12.1 Å². The highest BCUT2D eigenvalue weighted by Crippen LogP contribution is 2.28. The van der Waals surface area contributed by atoms with Gasteiger partial charge in [0.05, 0.1) is 12.5 Å². The molecule has 26 heavy (non-hydrogen) atoms. The zero-order valence-electron chi connectivity index (χ0n) is 14.4. The van der Waals surface area contributed by atoms with E-state index in [0.29, 0.717) is 29.8 Å². The fourth-order valence-corrected chi connectivity index (χ4v) is 3.11. The van der Waals surface area contributed by atoms with Crippen LogP contribution in [-0.4, -0.2) is 53.8 Å². The highest BCUT2D eigenvalue weighted by Gasteiger charge is 2.30. The van der Waals surface area contributed by atoms with Crippen molar-refractivity contribution in [3.8, 4) is 11.4 Å². The Morgan fingerprint density at radius 2 is 2.19 bits per heavy atom. The van der Waals surface area contributed by atoms with Crippen LogP contribution in [0.5, 0.6) is 0 Å². The minimum atomic E-state index is -0.643. The van der Waals surface area contributed by atoms with E-state index in [1.54, 1.807) is 17.0 Å². The van der Waals surface area contributed by atoms with Crippen LogP contribution >= 0.6 is 24.0 Å². The number of nitrogens with zero attached hydrogens (tertiary/aromatic N) is 3. The summed E-state index contributed by atoms with van der Waals surface area (Å²) in [5.41, 5.74) is 6.69. The number of amides is 1. The number of halogens is 2. The molecule has 0 bridgehead atoms. The third-order valence-corrected chi connectivity index (χ3v) is 4.54. The lowest BCUT2D eigenvalue weighted by atomic mass is 9.97. The monoisotopic (exact) mass is 400 g/mol. The van der Waals surface area contributed by atoms with Crippen LogP contribution in [0.1, 0.15) is 24.7 Å². The quantitative estimate of drug-likeness (QED) is 0.827. The van der Waals surface area contributed by atoms with Gasteiger partial charge < -0.3 is 19.9 Å². The Bertz CT molecular complexity index is 723. The van der Waals surface area contributed by atoms with Crippen molar-refractivity contribution >= 4 is 29.9 Å². The van der Waals surface area contributed by atoms with E-state index in [-0.39, 0.29) is 30.8 Å². The Balaban J connectivity index is 0.00000243. The fourth-order valence-electron chi connectivity index (χ4n) is 2.98. The molecule has 1 amide bonds. The number of hydrogen-bond acceptors (Lipinski definition) is 6. The molecule has 2 unspecified atom stereocenters. The Hall–Kier alpha value is -1.67. The summed E-state index contributed by atoms with van der Waals surface area (Å²) in [7, 11) is 1.53. The van der Waals surface area contributed by atoms with Crippen LogP contribution in [-0.2, 0) is 9.53 Å². The largest absolute Gasteiger partial charge is 0.383 e. The Morgan fingerprint density at radius 3 is 2.88 bits per heavy atom. The second-order valence-corrected chi connectivity index (χ2v) is 6.58. The van der Waals surface area contributed by atoms with E-state index < -0.39 is 6.04 Å². The molecule has 0 spiro atoms. The maximum atomic E-state index is 12.4. The number of aromatic nitrogens is 2. The number of methoxy groups -OCH3 is 1. The first kappa shape index (κ1) is 20.6. The van der Waals surface area contributed by atoms with Crippen molar-refractivity contribution in [2.75, 3.05) is 26.8 Å². The van der Waals surface area contributed by atoms with Gasteiger partial charge in [-0.3, -0.25) is 4.79 Å². The van der Waals surface area contributed by atoms with Gasteiger partial charge in [-0.1, -0.05) is 16.8 Å². The molecular formula is C17H22Cl2N4O3. The number of carbonyl (C=O) groups is 1. The van der Waals surface area contributed by atoms with E-state index in [0.717, 1.165) is 18.4 Å². The third-order valence-electron chi connectivity index (χ3n) is 4.29. The van der Waals surface area contributed by atoms with Crippen LogP contribution in [0.4, 0.5) is 0 Å². The normalized spacial score (nSPS) is 18.3. The van der Waals surface area contributed by atoms with Gasteiger partial charge in [0.15, 0.2) is 0 Å². The number of likely N-dealkylation sites (tertiary alicyclic amines) is 1. The van der Waals surface area contributed by atoms with Gasteiger partial charge in [0.25, 0.3) is 0 Å². The number of ether oxygens (including phenoxy) is 1. The number of hydrogen-bond donors (Lipinski definition) is 1. The molecule has 1 aromatic heterocycles. The molecule has 0 aliphatic carbocycles.